The number of anilines is 2. The van der Waals surface area contributed by atoms with E-state index in [1.54, 1.807) is 6.92 Å². The molecule has 6 nitrogen and oxygen atoms in total. The maximum absolute atomic E-state index is 10.9. The maximum atomic E-state index is 10.9. The van der Waals surface area contributed by atoms with Crippen LogP contribution in [0.2, 0.25) is 0 Å². The highest BCUT2D eigenvalue weighted by molar-refractivity contribution is 5.72. The van der Waals surface area contributed by atoms with Gasteiger partial charge in [-0.05, 0) is 25.7 Å². The first-order chi connectivity index (χ1) is 9.58. The van der Waals surface area contributed by atoms with Crippen molar-refractivity contribution in [3.8, 4) is 0 Å². The zero-order chi connectivity index (χ0) is 14.5. The molecule has 1 fully saturated rings. The molecular weight excluding hydrogens is 254 g/mol. The fraction of sp³-hybridized carbons (Fsp3) is 0.643. The lowest BCUT2D eigenvalue weighted by Gasteiger charge is -2.33. The summed E-state index contributed by atoms with van der Waals surface area (Å²) in [4.78, 5) is 22.1. The predicted molar refractivity (Wildman–Crippen MR) is 79.9 cm³/mol. The summed E-state index contributed by atoms with van der Waals surface area (Å²) >= 11 is 0. The van der Waals surface area contributed by atoms with Gasteiger partial charge in [0.05, 0.1) is 0 Å². The summed E-state index contributed by atoms with van der Waals surface area (Å²) in [7, 11) is 1.87. The molecule has 1 aromatic heterocycles. The number of aromatic nitrogens is 2. The number of aryl methyl sites for hydroxylation is 1. The van der Waals surface area contributed by atoms with Crippen LogP contribution in [0.25, 0.3) is 0 Å². The Morgan fingerprint density at radius 1 is 1.40 bits per heavy atom. The van der Waals surface area contributed by atoms with E-state index in [2.05, 4.69) is 25.5 Å². The molecule has 0 spiro atoms. The van der Waals surface area contributed by atoms with Gasteiger partial charge in [-0.1, -0.05) is 0 Å². The molecule has 1 aromatic rings. The normalized spacial score (nSPS) is 16.1. The Balaban J connectivity index is 1.93. The molecule has 0 aromatic carbocycles. The molecule has 0 radical (unpaired) electrons. The summed E-state index contributed by atoms with van der Waals surface area (Å²) in [6.07, 6.45) is 2.16. The molecular formula is C14H23N5O. The molecule has 110 valence electrons. The highest BCUT2D eigenvalue weighted by Crippen LogP contribution is 2.23. The van der Waals surface area contributed by atoms with Crippen molar-refractivity contribution in [1.29, 1.82) is 0 Å². The zero-order valence-corrected chi connectivity index (χ0v) is 12.4. The summed E-state index contributed by atoms with van der Waals surface area (Å²) in [5.74, 6) is 3.25. The van der Waals surface area contributed by atoms with E-state index >= 15 is 0 Å². The van der Waals surface area contributed by atoms with Crippen LogP contribution in [-0.4, -0.2) is 42.6 Å². The lowest BCUT2D eigenvalue weighted by molar-refractivity contribution is -0.119. The maximum Gasteiger partial charge on any atom is 0.216 e. The van der Waals surface area contributed by atoms with Crippen LogP contribution >= 0.6 is 0 Å². The number of hydrogen-bond acceptors (Lipinski definition) is 5. The second-order valence-electron chi connectivity index (χ2n) is 5.28. The Kier molecular flexibility index (Phi) is 4.76. The number of piperidine rings is 1. The second-order valence-corrected chi connectivity index (χ2v) is 5.28. The number of hydrogen-bond donors (Lipinski definition) is 2. The van der Waals surface area contributed by atoms with Crippen molar-refractivity contribution in [2.45, 2.75) is 26.7 Å². The third-order valence-electron chi connectivity index (χ3n) is 3.66. The molecule has 1 aliphatic heterocycles. The first-order valence-electron chi connectivity index (χ1n) is 7.11. The van der Waals surface area contributed by atoms with E-state index in [-0.39, 0.29) is 5.91 Å². The summed E-state index contributed by atoms with van der Waals surface area (Å²) in [5, 5.41) is 5.97. The molecule has 1 saturated heterocycles. The van der Waals surface area contributed by atoms with Crippen LogP contribution in [0, 0.1) is 12.8 Å². The van der Waals surface area contributed by atoms with Crippen LogP contribution in [0.3, 0.4) is 0 Å². The lowest BCUT2D eigenvalue weighted by Crippen LogP contribution is -2.38. The van der Waals surface area contributed by atoms with Gasteiger partial charge in [-0.25, -0.2) is 9.97 Å². The second kappa shape index (κ2) is 6.54. The van der Waals surface area contributed by atoms with Crippen LogP contribution < -0.4 is 15.5 Å². The fourth-order valence-corrected chi connectivity index (χ4v) is 2.50. The van der Waals surface area contributed by atoms with Crippen molar-refractivity contribution in [1.82, 2.24) is 15.3 Å². The van der Waals surface area contributed by atoms with Crippen LogP contribution in [0.5, 0.6) is 0 Å². The summed E-state index contributed by atoms with van der Waals surface area (Å²) in [6.45, 7) is 6.22. The minimum atomic E-state index is 0.0533. The largest absolute Gasteiger partial charge is 0.373 e. The van der Waals surface area contributed by atoms with Gasteiger partial charge in [0.25, 0.3) is 0 Å². The van der Waals surface area contributed by atoms with Crippen LogP contribution in [0.15, 0.2) is 6.07 Å². The molecule has 6 heteroatoms. The van der Waals surface area contributed by atoms with E-state index in [0.717, 1.165) is 49.9 Å². The average Bonchev–Trinajstić information content (AvgIpc) is 2.45. The Morgan fingerprint density at radius 2 is 2.10 bits per heavy atom. The fourth-order valence-electron chi connectivity index (χ4n) is 2.50. The van der Waals surface area contributed by atoms with Gasteiger partial charge in [-0.2, -0.15) is 0 Å². The molecule has 0 aliphatic carbocycles. The number of carbonyl (C=O) groups excluding carboxylic acids is 1. The predicted octanol–water partition coefficient (Wildman–Crippen LogP) is 1.18. The van der Waals surface area contributed by atoms with Gasteiger partial charge >= 0.3 is 0 Å². The summed E-state index contributed by atoms with van der Waals surface area (Å²) < 4.78 is 0. The number of carbonyl (C=O) groups is 1. The van der Waals surface area contributed by atoms with Gasteiger partial charge in [-0.3, -0.25) is 4.79 Å². The molecule has 0 unspecified atom stereocenters. The lowest BCUT2D eigenvalue weighted by atomic mass is 9.97. The third kappa shape index (κ3) is 3.82. The molecule has 1 amide bonds. The average molecular weight is 277 g/mol. The van der Waals surface area contributed by atoms with Gasteiger partial charge < -0.3 is 15.5 Å². The van der Waals surface area contributed by atoms with E-state index in [1.807, 2.05) is 20.0 Å². The van der Waals surface area contributed by atoms with Gasteiger partial charge in [0.1, 0.15) is 17.5 Å². The van der Waals surface area contributed by atoms with E-state index in [1.165, 1.54) is 0 Å². The van der Waals surface area contributed by atoms with E-state index in [0.29, 0.717) is 5.92 Å². The van der Waals surface area contributed by atoms with Crippen molar-refractivity contribution < 1.29 is 4.79 Å². The Bertz CT molecular complexity index is 469. The number of rotatable bonds is 4. The molecule has 2 rings (SSSR count). The molecule has 0 bridgehead atoms. The van der Waals surface area contributed by atoms with Crippen molar-refractivity contribution in [3.05, 3.63) is 11.9 Å². The topological polar surface area (TPSA) is 70.2 Å². The van der Waals surface area contributed by atoms with E-state index in [4.69, 9.17) is 0 Å². The number of amides is 1. The first kappa shape index (κ1) is 14.6. The molecule has 1 aliphatic rings. The van der Waals surface area contributed by atoms with Crippen molar-refractivity contribution in [2.24, 2.45) is 5.92 Å². The first-order valence-corrected chi connectivity index (χ1v) is 7.11. The van der Waals surface area contributed by atoms with Gasteiger partial charge in [0.2, 0.25) is 5.91 Å². The van der Waals surface area contributed by atoms with Crippen molar-refractivity contribution >= 4 is 17.5 Å². The van der Waals surface area contributed by atoms with Gasteiger partial charge in [0, 0.05) is 39.7 Å². The van der Waals surface area contributed by atoms with Crippen LogP contribution in [0.1, 0.15) is 25.6 Å². The molecule has 0 saturated carbocycles. The third-order valence-corrected chi connectivity index (χ3v) is 3.66. The standard InChI is InChI=1S/C14H23N5O/c1-10-17-13(15-3)8-14(18-10)19-6-4-12(5-7-19)9-16-11(2)20/h8,12H,4-7,9H2,1-3H3,(H,16,20)(H,15,17,18). The highest BCUT2D eigenvalue weighted by atomic mass is 16.1. The van der Waals surface area contributed by atoms with Crippen LogP contribution in [-0.2, 0) is 4.79 Å². The minimum absolute atomic E-state index is 0.0533. The van der Waals surface area contributed by atoms with E-state index < -0.39 is 0 Å². The summed E-state index contributed by atoms with van der Waals surface area (Å²) in [6, 6.07) is 1.99. The smallest absolute Gasteiger partial charge is 0.216 e. The zero-order valence-electron chi connectivity index (χ0n) is 12.4. The molecule has 2 N–H and O–H groups in total. The SMILES string of the molecule is CNc1cc(N2CCC(CNC(C)=O)CC2)nc(C)n1. The molecule has 0 atom stereocenters. The van der Waals surface area contributed by atoms with Gasteiger partial charge in [-0.15, -0.1) is 0 Å². The Morgan fingerprint density at radius 3 is 2.70 bits per heavy atom. The monoisotopic (exact) mass is 277 g/mol. The van der Waals surface area contributed by atoms with E-state index in [9.17, 15) is 4.79 Å². The van der Waals surface area contributed by atoms with Crippen LogP contribution in [0.4, 0.5) is 11.6 Å². The number of nitrogens with one attached hydrogen (secondary N) is 2. The molecule has 2 heterocycles. The Hall–Kier alpha value is -1.85. The summed E-state index contributed by atoms with van der Waals surface area (Å²) in [5.41, 5.74) is 0. The number of nitrogens with zero attached hydrogens (tertiary/aromatic N) is 3. The minimum Gasteiger partial charge on any atom is -0.373 e. The van der Waals surface area contributed by atoms with Crippen molar-refractivity contribution in [3.63, 3.8) is 0 Å². The quantitative estimate of drug-likeness (QED) is 0.865. The highest BCUT2D eigenvalue weighted by Gasteiger charge is 2.20. The Labute approximate surface area is 120 Å². The molecule has 20 heavy (non-hydrogen) atoms. The van der Waals surface area contributed by atoms with Gasteiger partial charge in [0.15, 0.2) is 0 Å². The van der Waals surface area contributed by atoms with Crippen molar-refractivity contribution in [2.75, 3.05) is 36.9 Å².